The molecule has 0 bridgehead atoms. The highest BCUT2D eigenvalue weighted by atomic mass is 16.5. The molecule has 1 amide bonds. The molecule has 6 heteroatoms. The normalized spacial score (nSPS) is 10.1. The third kappa shape index (κ3) is 5.63. The molecule has 1 rings (SSSR count). The van der Waals surface area contributed by atoms with E-state index in [0.29, 0.717) is 17.9 Å². The van der Waals surface area contributed by atoms with Crippen molar-refractivity contribution < 1.29 is 24.2 Å². The summed E-state index contributed by atoms with van der Waals surface area (Å²) in [4.78, 5) is 24.5. The minimum Gasteiger partial charge on any atom is -0.497 e. The van der Waals surface area contributed by atoms with E-state index in [1.165, 1.54) is 4.90 Å². The van der Waals surface area contributed by atoms with Crippen molar-refractivity contribution in [3.8, 4) is 11.5 Å². The number of carboxylic acid groups (broad SMARTS) is 1. The summed E-state index contributed by atoms with van der Waals surface area (Å²) < 4.78 is 10.4. The predicted octanol–water partition coefficient (Wildman–Crippen LogP) is 2.31. The number of amides is 1. The summed E-state index contributed by atoms with van der Waals surface area (Å²) in [5, 5.41) is 8.99. The molecular weight excluding hydrogens is 286 g/mol. The van der Waals surface area contributed by atoms with E-state index in [1.54, 1.807) is 32.4 Å². The maximum Gasteiger partial charge on any atom is 0.323 e. The number of carbonyl (C=O) groups is 2. The van der Waals surface area contributed by atoms with Crippen molar-refractivity contribution in [2.45, 2.75) is 32.7 Å². The second kappa shape index (κ2) is 8.92. The van der Waals surface area contributed by atoms with Crippen LogP contribution in [0, 0.1) is 0 Å². The Kier molecular flexibility index (Phi) is 7.22. The minimum absolute atomic E-state index is 0.161. The largest absolute Gasteiger partial charge is 0.497 e. The van der Waals surface area contributed by atoms with Crippen molar-refractivity contribution in [3.05, 3.63) is 23.8 Å². The molecule has 1 aromatic carbocycles. The molecule has 1 aromatic rings. The zero-order valence-corrected chi connectivity index (χ0v) is 13.3. The Bertz CT molecular complexity index is 493. The molecule has 0 radical (unpaired) electrons. The second-order valence-electron chi connectivity index (χ2n) is 4.97. The Morgan fingerprint density at radius 2 is 1.73 bits per heavy atom. The maximum absolute atomic E-state index is 12.2. The number of hydrogen-bond acceptors (Lipinski definition) is 4. The van der Waals surface area contributed by atoms with Crippen LogP contribution >= 0.6 is 0 Å². The van der Waals surface area contributed by atoms with E-state index in [1.807, 2.05) is 6.92 Å². The average molecular weight is 309 g/mol. The van der Waals surface area contributed by atoms with E-state index in [2.05, 4.69) is 0 Å². The van der Waals surface area contributed by atoms with Gasteiger partial charge in [0.05, 0.1) is 14.2 Å². The van der Waals surface area contributed by atoms with Crippen LogP contribution in [0.1, 0.15) is 31.7 Å². The van der Waals surface area contributed by atoms with Gasteiger partial charge in [-0.05, 0) is 24.1 Å². The van der Waals surface area contributed by atoms with Gasteiger partial charge in [-0.3, -0.25) is 9.59 Å². The van der Waals surface area contributed by atoms with Gasteiger partial charge in [0.2, 0.25) is 5.91 Å². The van der Waals surface area contributed by atoms with Crippen LogP contribution in [0.5, 0.6) is 11.5 Å². The molecule has 0 fully saturated rings. The molecule has 122 valence electrons. The molecule has 0 heterocycles. The third-order valence-corrected chi connectivity index (χ3v) is 3.21. The molecule has 0 aromatic heterocycles. The molecule has 22 heavy (non-hydrogen) atoms. The lowest BCUT2D eigenvalue weighted by Crippen LogP contribution is -2.35. The number of unbranched alkanes of at least 4 members (excludes halogenated alkanes) is 1. The molecule has 0 aliphatic heterocycles. The molecule has 0 aliphatic carbocycles. The summed E-state index contributed by atoms with van der Waals surface area (Å²) in [6, 6.07) is 5.26. The standard InChI is InChI=1S/C16H23NO5/c1-4-5-6-15(18)17(11-16(19)20)10-12-7-13(21-2)9-14(8-12)22-3/h7-9H,4-6,10-11H2,1-3H3,(H,19,20). The van der Waals surface area contributed by atoms with Gasteiger partial charge >= 0.3 is 5.97 Å². The Labute approximate surface area is 130 Å². The number of nitrogens with zero attached hydrogens (tertiary/aromatic N) is 1. The van der Waals surface area contributed by atoms with Crippen molar-refractivity contribution in [1.29, 1.82) is 0 Å². The molecule has 0 spiro atoms. The molecule has 6 nitrogen and oxygen atoms in total. The van der Waals surface area contributed by atoms with Gasteiger partial charge in [-0.15, -0.1) is 0 Å². The Hall–Kier alpha value is -2.24. The van der Waals surface area contributed by atoms with Crippen LogP contribution in [0.4, 0.5) is 0 Å². The van der Waals surface area contributed by atoms with Crippen molar-refractivity contribution in [2.24, 2.45) is 0 Å². The van der Waals surface area contributed by atoms with Crippen molar-refractivity contribution in [1.82, 2.24) is 4.90 Å². The van der Waals surface area contributed by atoms with Gasteiger partial charge in [-0.2, -0.15) is 0 Å². The van der Waals surface area contributed by atoms with Crippen LogP contribution in [-0.2, 0) is 16.1 Å². The molecular formula is C16H23NO5. The van der Waals surface area contributed by atoms with Crippen LogP contribution in [0.15, 0.2) is 18.2 Å². The first kappa shape index (κ1) is 17.8. The Morgan fingerprint density at radius 1 is 1.14 bits per heavy atom. The lowest BCUT2D eigenvalue weighted by molar-refractivity contribution is -0.145. The SMILES string of the molecule is CCCCC(=O)N(CC(=O)O)Cc1cc(OC)cc(OC)c1. The molecule has 0 saturated carbocycles. The van der Waals surface area contributed by atoms with E-state index in [4.69, 9.17) is 14.6 Å². The third-order valence-electron chi connectivity index (χ3n) is 3.21. The number of hydrogen-bond donors (Lipinski definition) is 1. The van der Waals surface area contributed by atoms with Crippen LogP contribution in [0.25, 0.3) is 0 Å². The van der Waals surface area contributed by atoms with Gasteiger partial charge in [-0.1, -0.05) is 13.3 Å². The van der Waals surface area contributed by atoms with Gasteiger partial charge in [0.1, 0.15) is 18.0 Å². The zero-order chi connectivity index (χ0) is 16.5. The van der Waals surface area contributed by atoms with Crippen LogP contribution in [0.2, 0.25) is 0 Å². The summed E-state index contributed by atoms with van der Waals surface area (Å²) >= 11 is 0. The summed E-state index contributed by atoms with van der Waals surface area (Å²) in [6.07, 6.45) is 1.99. The fraction of sp³-hybridized carbons (Fsp3) is 0.500. The molecule has 0 atom stereocenters. The van der Waals surface area contributed by atoms with Crippen LogP contribution in [0.3, 0.4) is 0 Å². The number of benzene rings is 1. The fourth-order valence-corrected chi connectivity index (χ4v) is 2.06. The average Bonchev–Trinajstić information content (AvgIpc) is 2.50. The van der Waals surface area contributed by atoms with Crippen molar-refractivity contribution in [2.75, 3.05) is 20.8 Å². The maximum atomic E-state index is 12.2. The Balaban J connectivity index is 2.92. The first-order valence-corrected chi connectivity index (χ1v) is 7.21. The van der Waals surface area contributed by atoms with Gasteiger partial charge in [0.25, 0.3) is 0 Å². The lowest BCUT2D eigenvalue weighted by Gasteiger charge is -2.21. The van der Waals surface area contributed by atoms with Crippen LogP contribution < -0.4 is 9.47 Å². The zero-order valence-electron chi connectivity index (χ0n) is 13.3. The second-order valence-corrected chi connectivity index (χ2v) is 4.97. The van der Waals surface area contributed by atoms with E-state index < -0.39 is 5.97 Å². The molecule has 0 aliphatic rings. The number of carboxylic acids is 1. The first-order valence-electron chi connectivity index (χ1n) is 7.21. The number of ether oxygens (including phenoxy) is 2. The number of methoxy groups -OCH3 is 2. The van der Waals surface area contributed by atoms with Gasteiger partial charge in [0.15, 0.2) is 0 Å². The first-order chi connectivity index (χ1) is 10.5. The fourth-order valence-electron chi connectivity index (χ4n) is 2.06. The highest BCUT2D eigenvalue weighted by Crippen LogP contribution is 2.23. The minimum atomic E-state index is -1.03. The molecule has 0 saturated heterocycles. The summed E-state index contributed by atoms with van der Waals surface area (Å²) in [5.41, 5.74) is 0.766. The van der Waals surface area contributed by atoms with Gasteiger partial charge in [-0.25, -0.2) is 0 Å². The van der Waals surface area contributed by atoms with E-state index in [9.17, 15) is 9.59 Å². The van der Waals surface area contributed by atoms with E-state index in [0.717, 1.165) is 18.4 Å². The van der Waals surface area contributed by atoms with Crippen molar-refractivity contribution in [3.63, 3.8) is 0 Å². The lowest BCUT2D eigenvalue weighted by atomic mass is 10.1. The number of carbonyl (C=O) groups excluding carboxylic acids is 1. The predicted molar refractivity (Wildman–Crippen MR) is 82.1 cm³/mol. The van der Waals surface area contributed by atoms with Crippen LogP contribution in [-0.4, -0.2) is 42.6 Å². The smallest absolute Gasteiger partial charge is 0.323 e. The quantitative estimate of drug-likeness (QED) is 0.757. The van der Waals surface area contributed by atoms with Crippen molar-refractivity contribution >= 4 is 11.9 Å². The van der Waals surface area contributed by atoms with Gasteiger partial charge in [0, 0.05) is 19.0 Å². The molecule has 1 N–H and O–H groups in total. The monoisotopic (exact) mass is 309 g/mol. The summed E-state index contributed by atoms with van der Waals surface area (Å²) in [6.45, 7) is 1.88. The number of aliphatic carboxylic acids is 1. The van der Waals surface area contributed by atoms with Gasteiger partial charge < -0.3 is 19.5 Å². The number of rotatable bonds is 9. The summed E-state index contributed by atoms with van der Waals surface area (Å²) in [7, 11) is 3.08. The highest BCUT2D eigenvalue weighted by Gasteiger charge is 2.17. The van der Waals surface area contributed by atoms with E-state index >= 15 is 0 Å². The molecule has 0 unspecified atom stereocenters. The topological polar surface area (TPSA) is 76.1 Å². The summed E-state index contributed by atoms with van der Waals surface area (Å²) in [5.74, 6) is 0.0158. The highest BCUT2D eigenvalue weighted by molar-refractivity contribution is 5.81. The van der Waals surface area contributed by atoms with E-state index in [-0.39, 0.29) is 19.0 Å². The Morgan fingerprint density at radius 3 is 2.18 bits per heavy atom.